The monoisotopic (exact) mass is 380 g/mol. The fourth-order valence-electron chi connectivity index (χ4n) is 3.32. The van der Waals surface area contributed by atoms with E-state index >= 15 is 0 Å². The van der Waals surface area contributed by atoms with E-state index in [0.717, 1.165) is 35.4 Å². The quantitative estimate of drug-likeness (QED) is 0.689. The molecule has 0 fully saturated rings. The summed E-state index contributed by atoms with van der Waals surface area (Å²) in [5, 5.41) is 5.75. The molecule has 5 heteroatoms. The highest BCUT2D eigenvalue weighted by atomic mass is 16.5. The molecular formula is C23H28N2O3. The van der Waals surface area contributed by atoms with E-state index in [1.165, 1.54) is 5.56 Å². The van der Waals surface area contributed by atoms with Crippen LogP contribution in [-0.2, 0) is 28.9 Å². The van der Waals surface area contributed by atoms with Gasteiger partial charge in [-0.25, -0.2) is 0 Å². The van der Waals surface area contributed by atoms with Crippen molar-refractivity contribution in [3.05, 3.63) is 59.2 Å². The number of aryl methyl sites for hydroxylation is 1. The number of nitrogens with one attached hydrogen (secondary N) is 2. The number of hydrogen-bond donors (Lipinski definition) is 2. The molecule has 28 heavy (non-hydrogen) atoms. The molecule has 2 aromatic carbocycles. The van der Waals surface area contributed by atoms with E-state index in [0.29, 0.717) is 31.9 Å². The zero-order chi connectivity index (χ0) is 19.9. The molecule has 2 aromatic rings. The number of carbonyl (C=O) groups excluding carboxylic acids is 2. The van der Waals surface area contributed by atoms with E-state index < -0.39 is 0 Å². The minimum atomic E-state index is -0.00615. The molecule has 0 aromatic heterocycles. The Labute approximate surface area is 166 Å². The van der Waals surface area contributed by atoms with E-state index in [1.807, 2.05) is 30.3 Å². The van der Waals surface area contributed by atoms with Crippen LogP contribution >= 0.6 is 0 Å². The van der Waals surface area contributed by atoms with Crippen molar-refractivity contribution < 1.29 is 14.3 Å². The van der Waals surface area contributed by atoms with Gasteiger partial charge in [0, 0.05) is 12.1 Å². The van der Waals surface area contributed by atoms with Gasteiger partial charge in [0.2, 0.25) is 11.8 Å². The lowest BCUT2D eigenvalue weighted by atomic mass is 10.0. The molecule has 0 spiro atoms. The van der Waals surface area contributed by atoms with E-state index in [-0.39, 0.29) is 11.8 Å². The average Bonchev–Trinajstić information content (AvgIpc) is 2.66. The third-order valence-electron chi connectivity index (χ3n) is 4.70. The molecule has 0 saturated heterocycles. The van der Waals surface area contributed by atoms with Crippen molar-refractivity contribution in [2.24, 2.45) is 5.92 Å². The SMILES string of the molecule is CC(C)Cc1ccc(CC(=O)NCCOc2ccc3c(c2)CCC(=O)N3)cc1. The summed E-state index contributed by atoms with van der Waals surface area (Å²) in [6, 6.07) is 13.9. The van der Waals surface area contributed by atoms with Crippen LogP contribution < -0.4 is 15.4 Å². The molecule has 1 aliphatic rings. The molecule has 0 bridgehead atoms. The first-order valence-corrected chi connectivity index (χ1v) is 9.89. The molecule has 2 amide bonds. The summed E-state index contributed by atoms with van der Waals surface area (Å²) >= 11 is 0. The van der Waals surface area contributed by atoms with Gasteiger partial charge in [0.15, 0.2) is 0 Å². The molecule has 148 valence electrons. The maximum absolute atomic E-state index is 12.1. The highest BCUT2D eigenvalue weighted by molar-refractivity contribution is 5.94. The van der Waals surface area contributed by atoms with Gasteiger partial charge in [-0.2, -0.15) is 0 Å². The van der Waals surface area contributed by atoms with Gasteiger partial charge in [-0.1, -0.05) is 38.1 Å². The minimum absolute atomic E-state index is 0.00615. The van der Waals surface area contributed by atoms with Gasteiger partial charge in [0.25, 0.3) is 0 Å². The predicted molar refractivity (Wildman–Crippen MR) is 111 cm³/mol. The molecule has 0 atom stereocenters. The standard InChI is InChI=1S/C23H28N2O3/c1-16(2)13-17-3-5-18(6-4-17)14-23(27)24-11-12-28-20-8-9-21-19(15-20)7-10-22(26)25-21/h3-6,8-9,15-16H,7,10-14H2,1-2H3,(H,24,27)(H,25,26). The van der Waals surface area contributed by atoms with Gasteiger partial charge < -0.3 is 15.4 Å². The molecular weight excluding hydrogens is 352 g/mol. The Balaban J connectivity index is 1.39. The van der Waals surface area contributed by atoms with Crippen LogP contribution in [0.2, 0.25) is 0 Å². The van der Waals surface area contributed by atoms with E-state index in [4.69, 9.17) is 4.74 Å². The number of ether oxygens (including phenoxy) is 1. The molecule has 5 nitrogen and oxygen atoms in total. The van der Waals surface area contributed by atoms with Crippen molar-refractivity contribution in [2.45, 2.75) is 39.5 Å². The number of hydrogen-bond acceptors (Lipinski definition) is 3. The second-order valence-corrected chi connectivity index (χ2v) is 7.66. The third kappa shape index (κ3) is 5.84. The molecule has 3 rings (SSSR count). The lowest BCUT2D eigenvalue weighted by Crippen LogP contribution is -2.29. The zero-order valence-corrected chi connectivity index (χ0v) is 16.6. The second-order valence-electron chi connectivity index (χ2n) is 7.66. The topological polar surface area (TPSA) is 67.4 Å². The summed E-state index contributed by atoms with van der Waals surface area (Å²) < 4.78 is 5.72. The Morgan fingerprint density at radius 1 is 1.11 bits per heavy atom. The van der Waals surface area contributed by atoms with Crippen LogP contribution in [0.15, 0.2) is 42.5 Å². The van der Waals surface area contributed by atoms with Crippen LogP contribution in [0.3, 0.4) is 0 Å². The van der Waals surface area contributed by atoms with E-state index in [9.17, 15) is 9.59 Å². The Kier molecular flexibility index (Phi) is 6.69. The van der Waals surface area contributed by atoms with Crippen molar-refractivity contribution >= 4 is 17.5 Å². The van der Waals surface area contributed by atoms with Crippen LogP contribution in [0.1, 0.15) is 37.0 Å². The van der Waals surface area contributed by atoms with Crippen molar-refractivity contribution in [1.82, 2.24) is 5.32 Å². The van der Waals surface area contributed by atoms with E-state index in [1.54, 1.807) is 0 Å². The Morgan fingerprint density at radius 3 is 2.61 bits per heavy atom. The Hall–Kier alpha value is -2.82. The number of fused-ring (bicyclic) bond motifs is 1. The van der Waals surface area contributed by atoms with Gasteiger partial charge >= 0.3 is 0 Å². The average molecular weight is 380 g/mol. The number of anilines is 1. The minimum Gasteiger partial charge on any atom is -0.492 e. The van der Waals surface area contributed by atoms with Crippen LogP contribution in [0.5, 0.6) is 5.75 Å². The largest absolute Gasteiger partial charge is 0.492 e. The Bertz CT molecular complexity index is 828. The number of rotatable bonds is 8. The fraction of sp³-hybridized carbons (Fsp3) is 0.391. The van der Waals surface area contributed by atoms with Gasteiger partial charge in [-0.15, -0.1) is 0 Å². The van der Waals surface area contributed by atoms with Gasteiger partial charge in [0.1, 0.15) is 12.4 Å². The fourth-order valence-corrected chi connectivity index (χ4v) is 3.32. The number of amides is 2. The van der Waals surface area contributed by atoms with Gasteiger partial charge in [0.05, 0.1) is 13.0 Å². The van der Waals surface area contributed by atoms with Gasteiger partial charge in [-0.3, -0.25) is 9.59 Å². The first-order valence-electron chi connectivity index (χ1n) is 9.89. The summed E-state index contributed by atoms with van der Waals surface area (Å²) in [6.45, 7) is 5.26. The third-order valence-corrected chi connectivity index (χ3v) is 4.70. The first-order chi connectivity index (χ1) is 13.5. The number of benzene rings is 2. The molecule has 0 unspecified atom stereocenters. The van der Waals surface area contributed by atoms with Crippen LogP contribution in [-0.4, -0.2) is 25.0 Å². The number of carbonyl (C=O) groups is 2. The first kappa shape index (κ1) is 19.9. The summed E-state index contributed by atoms with van der Waals surface area (Å²) in [7, 11) is 0. The Morgan fingerprint density at radius 2 is 1.86 bits per heavy atom. The van der Waals surface area contributed by atoms with Crippen LogP contribution in [0, 0.1) is 5.92 Å². The summed E-state index contributed by atoms with van der Waals surface area (Å²) in [6.07, 6.45) is 2.66. The maximum atomic E-state index is 12.1. The molecule has 2 N–H and O–H groups in total. The zero-order valence-electron chi connectivity index (χ0n) is 16.6. The highest BCUT2D eigenvalue weighted by Gasteiger charge is 2.15. The van der Waals surface area contributed by atoms with Crippen LogP contribution in [0.25, 0.3) is 0 Å². The smallest absolute Gasteiger partial charge is 0.224 e. The second kappa shape index (κ2) is 9.40. The molecule has 0 aliphatic carbocycles. The van der Waals surface area contributed by atoms with E-state index in [2.05, 4.69) is 36.6 Å². The summed E-state index contributed by atoms with van der Waals surface area (Å²) in [4.78, 5) is 23.5. The normalized spacial score (nSPS) is 13.0. The molecule has 0 radical (unpaired) electrons. The molecule has 0 saturated carbocycles. The predicted octanol–water partition coefficient (Wildman–Crippen LogP) is 3.51. The molecule has 1 heterocycles. The summed E-state index contributed by atoms with van der Waals surface area (Å²) in [5.41, 5.74) is 4.26. The van der Waals surface area contributed by atoms with Gasteiger partial charge in [-0.05, 0) is 53.6 Å². The van der Waals surface area contributed by atoms with Crippen molar-refractivity contribution in [1.29, 1.82) is 0 Å². The van der Waals surface area contributed by atoms with Crippen molar-refractivity contribution in [2.75, 3.05) is 18.5 Å². The highest BCUT2D eigenvalue weighted by Crippen LogP contribution is 2.26. The lowest BCUT2D eigenvalue weighted by molar-refractivity contribution is -0.120. The molecule has 1 aliphatic heterocycles. The maximum Gasteiger partial charge on any atom is 0.224 e. The van der Waals surface area contributed by atoms with Crippen molar-refractivity contribution in [3.63, 3.8) is 0 Å². The lowest BCUT2D eigenvalue weighted by Gasteiger charge is -2.17. The van der Waals surface area contributed by atoms with Crippen molar-refractivity contribution in [3.8, 4) is 5.75 Å². The summed E-state index contributed by atoms with van der Waals surface area (Å²) in [5.74, 6) is 1.43. The van der Waals surface area contributed by atoms with Crippen LogP contribution in [0.4, 0.5) is 5.69 Å².